The van der Waals surface area contributed by atoms with Crippen molar-refractivity contribution in [2.45, 2.75) is 32.7 Å². The fourth-order valence-corrected chi connectivity index (χ4v) is 2.45. The highest BCUT2D eigenvalue weighted by Crippen LogP contribution is 2.21. The summed E-state index contributed by atoms with van der Waals surface area (Å²) in [6, 6.07) is 0.117. The van der Waals surface area contributed by atoms with Gasteiger partial charge >= 0.3 is 0 Å². The van der Waals surface area contributed by atoms with Crippen molar-refractivity contribution in [2.24, 2.45) is 0 Å². The summed E-state index contributed by atoms with van der Waals surface area (Å²) in [6.07, 6.45) is 0. The normalized spacial score (nSPS) is 18.6. The van der Waals surface area contributed by atoms with Crippen LogP contribution in [0.2, 0.25) is 0 Å². The van der Waals surface area contributed by atoms with Gasteiger partial charge in [-0.3, -0.25) is 14.6 Å². The summed E-state index contributed by atoms with van der Waals surface area (Å²) in [5.74, 6) is 1.87. The number of amides is 1. The monoisotopic (exact) mass is 309 g/mol. The molecule has 0 aromatic carbocycles. The van der Waals surface area contributed by atoms with Crippen molar-refractivity contribution in [3.05, 3.63) is 11.7 Å². The van der Waals surface area contributed by atoms with Crippen LogP contribution in [0.15, 0.2) is 4.52 Å². The lowest BCUT2D eigenvalue weighted by Crippen LogP contribution is -2.49. The molecule has 1 aliphatic rings. The molecule has 1 aromatic rings. The van der Waals surface area contributed by atoms with Gasteiger partial charge in [-0.15, -0.1) is 0 Å². The smallest absolute Gasteiger partial charge is 0.243 e. The van der Waals surface area contributed by atoms with Crippen LogP contribution in [0, 0.1) is 0 Å². The fourth-order valence-electron chi connectivity index (χ4n) is 2.45. The predicted octanol–water partition coefficient (Wildman–Crippen LogP) is 0.960. The number of likely N-dealkylation sites (N-methyl/N-ethyl adjacent to an activating group) is 1. The highest BCUT2D eigenvalue weighted by molar-refractivity contribution is 5.77. The van der Waals surface area contributed by atoms with Crippen LogP contribution in [0.25, 0.3) is 0 Å². The van der Waals surface area contributed by atoms with Crippen molar-refractivity contribution in [1.29, 1.82) is 0 Å². The molecule has 0 unspecified atom stereocenters. The average molecular weight is 309 g/mol. The number of carbonyl (C=O) groups excluding carboxylic acids is 1. The van der Waals surface area contributed by atoms with E-state index >= 15 is 0 Å². The quantitative estimate of drug-likeness (QED) is 0.807. The van der Waals surface area contributed by atoms with Gasteiger partial charge in [0, 0.05) is 46.2 Å². The highest BCUT2D eigenvalue weighted by atomic mass is 16.5. The van der Waals surface area contributed by atoms with E-state index in [-0.39, 0.29) is 17.9 Å². The summed E-state index contributed by atoms with van der Waals surface area (Å²) in [5.41, 5.74) is 0. The van der Waals surface area contributed by atoms with Crippen LogP contribution >= 0.6 is 0 Å². The van der Waals surface area contributed by atoms with Gasteiger partial charge in [-0.2, -0.15) is 4.98 Å². The minimum atomic E-state index is 0.117. The first-order valence-corrected chi connectivity index (χ1v) is 7.88. The van der Waals surface area contributed by atoms with Crippen LogP contribution in [0.3, 0.4) is 0 Å². The molecule has 124 valence electrons. The fraction of sp³-hybridized carbons (Fsp3) is 0.800. The molecule has 0 aliphatic carbocycles. The van der Waals surface area contributed by atoms with Crippen LogP contribution in [0.1, 0.15) is 44.4 Å². The van der Waals surface area contributed by atoms with Crippen molar-refractivity contribution in [3.63, 3.8) is 0 Å². The van der Waals surface area contributed by atoms with Crippen molar-refractivity contribution < 1.29 is 9.32 Å². The zero-order valence-corrected chi connectivity index (χ0v) is 14.2. The molecule has 1 aromatic heterocycles. The zero-order chi connectivity index (χ0) is 16.3. The molecule has 1 aliphatic heterocycles. The Balaban J connectivity index is 1.86. The molecule has 7 nitrogen and oxygen atoms in total. The molecule has 7 heteroatoms. The Kier molecular flexibility index (Phi) is 5.52. The lowest BCUT2D eigenvalue weighted by Gasteiger charge is -2.36. The molecule has 1 saturated heterocycles. The minimum Gasteiger partial charge on any atom is -0.348 e. The second kappa shape index (κ2) is 7.19. The van der Waals surface area contributed by atoms with E-state index in [1.807, 2.05) is 0 Å². The standard InChI is InChI=1S/C15H27N5O2/c1-11(2)14-16-15(22-17-14)12(3)20-8-6-19(7-9-20)10-13(21)18(4)5/h11-12H,6-10H2,1-5H3/t12-/m1/s1. The number of hydrogen-bond donors (Lipinski definition) is 0. The summed E-state index contributed by atoms with van der Waals surface area (Å²) in [6.45, 7) is 10.3. The van der Waals surface area contributed by atoms with E-state index in [2.05, 4.69) is 40.7 Å². The maximum absolute atomic E-state index is 11.8. The van der Waals surface area contributed by atoms with Gasteiger partial charge in [-0.1, -0.05) is 19.0 Å². The largest absolute Gasteiger partial charge is 0.348 e. The number of piperazine rings is 1. The van der Waals surface area contributed by atoms with Gasteiger partial charge in [0.1, 0.15) is 0 Å². The Morgan fingerprint density at radius 2 is 1.86 bits per heavy atom. The van der Waals surface area contributed by atoms with Gasteiger partial charge in [0.15, 0.2) is 5.82 Å². The Morgan fingerprint density at radius 1 is 1.23 bits per heavy atom. The number of hydrogen-bond acceptors (Lipinski definition) is 6. The maximum atomic E-state index is 11.8. The first kappa shape index (κ1) is 16.9. The van der Waals surface area contributed by atoms with Crippen molar-refractivity contribution >= 4 is 5.91 Å². The molecule has 2 heterocycles. The molecule has 1 fully saturated rings. The zero-order valence-electron chi connectivity index (χ0n) is 14.2. The maximum Gasteiger partial charge on any atom is 0.243 e. The molecule has 2 rings (SSSR count). The number of carbonyl (C=O) groups is 1. The molecular formula is C15H27N5O2. The summed E-state index contributed by atoms with van der Waals surface area (Å²) < 4.78 is 5.39. The van der Waals surface area contributed by atoms with Gasteiger partial charge in [-0.25, -0.2) is 0 Å². The van der Waals surface area contributed by atoms with Gasteiger partial charge in [0.2, 0.25) is 11.8 Å². The molecule has 1 atom stereocenters. The van der Waals surface area contributed by atoms with E-state index in [4.69, 9.17) is 4.52 Å². The lowest BCUT2D eigenvalue weighted by molar-refractivity contribution is -0.130. The van der Waals surface area contributed by atoms with Crippen LogP contribution in [-0.2, 0) is 4.79 Å². The van der Waals surface area contributed by atoms with Gasteiger partial charge in [-0.05, 0) is 6.92 Å². The predicted molar refractivity (Wildman–Crippen MR) is 83.5 cm³/mol. The molecule has 0 saturated carbocycles. The second-order valence-corrected chi connectivity index (χ2v) is 6.42. The highest BCUT2D eigenvalue weighted by Gasteiger charge is 2.26. The van der Waals surface area contributed by atoms with Crippen LogP contribution in [0.5, 0.6) is 0 Å². The second-order valence-electron chi connectivity index (χ2n) is 6.42. The lowest BCUT2D eigenvalue weighted by atomic mass is 10.2. The molecule has 22 heavy (non-hydrogen) atoms. The molecule has 0 bridgehead atoms. The van der Waals surface area contributed by atoms with E-state index < -0.39 is 0 Å². The molecule has 0 spiro atoms. The minimum absolute atomic E-state index is 0.117. The van der Waals surface area contributed by atoms with E-state index in [0.717, 1.165) is 32.0 Å². The average Bonchev–Trinajstić information content (AvgIpc) is 2.97. The van der Waals surface area contributed by atoms with Crippen molar-refractivity contribution in [2.75, 3.05) is 46.8 Å². The van der Waals surface area contributed by atoms with E-state index in [0.29, 0.717) is 12.4 Å². The van der Waals surface area contributed by atoms with Gasteiger partial charge < -0.3 is 9.42 Å². The van der Waals surface area contributed by atoms with Crippen LogP contribution < -0.4 is 0 Å². The Hall–Kier alpha value is -1.47. The summed E-state index contributed by atoms with van der Waals surface area (Å²) in [4.78, 5) is 22.4. The number of aromatic nitrogens is 2. The summed E-state index contributed by atoms with van der Waals surface area (Å²) in [7, 11) is 3.59. The Bertz CT molecular complexity index is 492. The van der Waals surface area contributed by atoms with Crippen LogP contribution in [0.4, 0.5) is 0 Å². The third kappa shape index (κ3) is 4.04. The van der Waals surface area contributed by atoms with Crippen molar-refractivity contribution in [1.82, 2.24) is 24.8 Å². The molecule has 0 N–H and O–H groups in total. The van der Waals surface area contributed by atoms with E-state index in [1.54, 1.807) is 19.0 Å². The van der Waals surface area contributed by atoms with Gasteiger partial charge in [0.05, 0.1) is 12.6 Å². The first-order valence-electron chi connectivity index (χ1n) is 7.88. The number of rotatable bonds is 5. The summed E-state index contributed by atoms with van der Waals surface area (Å²) in [5, 5.41) is 4.03. The van der Waals surface area contributed by atoms with E-state index in [9.17, 15) is 4.79 Å². The molecule has 0 radical (unpaired) electrons. The molecular weight excluding hydrogens is 282 g/mol. The Labute approximate surface area is 132 Å². The topological polar surface area (TPSA) is 65.7 Å². The number of nitrogens with zero attached hydrogens (tertiary/aromatic N) is 5. The third-order valence-corrected chi connectivity index (χ3v) is 4.14. The van der Waals surface area contributed by atoms with E-state index in [1.165, 1.54) is 0 Å². The summed E-state index contributed by atoms with van der Waals surface area (Å²) >= 11 is 0. The van der Waals surface area contributed by atoms with Crippen molar-refractivity contribution in [3.8, 4) is 0 Å². The Morgan fingerprint density at radius 3 is 2.36 bits per heavy atom. The third-order valence-electron chi connectivity index (χ3n) is 4.14. The SMILES string of the molecule is CC(C)c1noc([C@@H](C)N2CCN(CC(=O)N(C)C)CC2)n1. The molecule has 1 amide bonds. The van der Waals surface area contributed by atoms with Crippen LogP contribution in [-0.4, -0.2) is 77.6 Å². The first-order chi connectivity index (χ1) is 10.4. The van der Waals surface area contributed by atoms with Gasteiger partial charge in [0.25, 0.3) is 0 Å².